The monoisotopic (exact) mass is 791 g/mol. The minimum atomic E-state index is -0.421. The standard InChI is InChI=1S/C51H57N3OS2/c1-3-54(4-2)39-23-36-48(52-37-40-56-50(42-24-11-5-12-25-42,43-26-13-6-14-27-43)44-28-15-7-16-29-44)49(55)53-38-41-57-51(45-30-17-8-18-31-45,46-32-19-9-20-33-46)47-34-21-10-22-35-47/h5-22,24-35,48,52H,3-4,23,36-41H2,1-2H3,(H,53,55). The number of hydrogen-bond donors (Lipinski definition) is 2. The van der Waals surface area contributed by atoms with Gasteiger partial charge in [0.2, 0.25) is 5.91 Å². The van der Waals surface area contributed by atoms with Gasteiger partial charge in [0.1, 0.15) is 0 Å². The molecule has 0 bridgehead atoms. The second-order valence-electron chi connectivity index (χ2n) is 14.2. The van der Waals surface area contributed by atoms with Gasteiger partial charge in [0.25, 0.3) is 0 Å². The van der Waals surface area contributed by atoms with Crippen molar-refractivity contribution >= 4 is 29.4 Å². The molecule has 6 aromatic carbocycles. The summed E-state index contributed by atoms with van der Waals surface area (Å²) in [5.74, 6) is 1.65. The minimum absolute atomic E-state index is 0.0744. The molecule has 2 N–H and O–H groups in total. The van der Waals surface area contributed by atoms with E-state index in [9.17, 15) is 4.79 Å². The molecule has 1 atom stereocenters. The van der Waals surface area contributed by atoms with Crippen molar-refractivity contribution in [3.63, 3.8) is 0 Å². The van der Waals surface area contributed by atoms with Crippen molar-refractivity contribution in [1.82, 2.24) is 15.5 Å². The van der Waals surface area contributed by atoms with Crippen LogP contribution >= 0.6 is 23.5 Å². The number of carbonyl (C=O) groups excluding carboxylic acids is 1. The number of benzene rings is 6. The summed E-state index contributed by atoms with van der Waals surface area (Å²) in [5.41, 5.74) is 7.42. The molecule has 1 amide bonds. The third-order valence-electron chi connectivity index (χ3n) is 10.8. The Kier molecular flexibility index (Phi) is 16.1. The smallest absolute Gasteiger partial charge is 0.237 e. The highest BCUT2D eigenvalue weighted by Crippen LogP contribution is 2.49. The Balaban J connectivity index is 1.18. The van der Waals surface area contributed by atoms with Crippen molar-refractivity contribution in [1.29, 1.82) is 0 Å². The molecule has 0 spiro atoms. The summed E-state index contributed by atoms with van der Waals surface area (Å²) in [6, 6.07) is 64.5. The lowest BCUT2D eigenvalue weighted by atomic mass is 9.84. The van der Waals surface area contributed by atoms with Crippen molar-refractivity contribution in [2.24, 2.45) is 0 Å². The quantitative estimate of drug-likeness (QED) is 0.0530. The lowest BCUT2D eigenvalue weighted by molar-refractivity contribution is -0.123. The van der Waals surface area contributed by atoms with Gasteiger partial charge >= 0.3 is 0 Å². The Morgan fingerprint density at radius 3 is 1.14 bits per heavy atom. The molecule has 57 heavy (non-hydrogen) atoms. The second kappa shape index (κ2) is 21.8. The van der Waals surface area contributed by atoms with E-state index in [1.807, 2.05) is 23.5 Å². The van der Waals surface area contributed by atoms with Gasteiger partial charge in [0.15, 0.2) is 0 Å². The summed E-state index contributed by atoms with van der Waals surface area (Å²) < 4.78 is -0.818. The van der Waals surface area contributed by atoms with Gasteiger partial charge in [-0.1, -0.05) is 196 Å². The number of amides is 1. The molecule has 0 aromatic heterocycles. The maximum atomic E-state index is 14.1. The van der Waals surface area contributed by atoms with Crippen molar-refractivity contribution in [2.75, 3.05) is 44.2 Å². The first-order chi connectivity index (χ1) is 28.1. The normalized spacial score (nSPS) is 12.3. The summed E-state index contributed by atoms with van der Waals surface area (Å²) >= 11 is 3.81. The molecule has 1 unspecified atom stereocenters. The third kappa shape index (κ3) is 10.5. The maximum Gasteiger partial charge on any atom is 0.237 e. The van der Waals surface area contributed by atoms with Crippen molar-refractivity contribution < 1.29 is 4.79 Å². The zero-order chi connectivity index (χ0) is 39.6. The summed E-state index contributed by atoms with van der Waals surface area (Å²) in [6.45, 7) is 8.70. The van der Waals surface area contributed by atoms with Crippen molar-refractivity contribution in [2.45, 2.75) is 42.2 Å². The predicted molar refractivity (Wildman–Crippen MR) is 245 cm³/mol. The van der Waals surface area contributed by atoms with Gasteiger partial charge < -0.3 is 15.5 Å². The maximum absolute atomic E-state index is 14.1. The minimum Gasteiger partial charge on any atom is -0.354 e. The first-order valence-corrected chi connectivity index (χ1v) is 22.4. The highest BCUT2D eigenvalue weighted by Gasteiger charge is 2.38. The predicted octanol–water partition coefficient (Wildman–Crippen LogP) is 10.6. The Morgan fingerprint density at radius 1 is 0.509 bits per heavy atom. The molecule has 6 aromatic rings. The third-order valence-corrected chi connectivity index (χ3v) is 13.9. The highest BCUT2D eigenvalue weighted by molar-refractivity contribution is 8.00. The molecule has 0 fully saturated rings. The fraction of sp³-hybridized carbons (Fsp3) is 0.275. The van der Waals surface area contributed by atoms with Crippen LogP contribution in [0.25, 0.3) is 0 Å². The fourth-order valence-electron chi connectivity index (χ4n) is 7.86. The van der Waals surface area contributed by atoms with Crippen LogP contribution in [0.15, 0.2) is 182 Å². The zero-order valence-corrected chi connectivity index (χ0v) is 35.1. The Labute approximate surface area is 349 Å². The van der Waals surface area contributed by atoms with Crippen LogP contribution < -0.4 is 10.6 Å². The van der Waals surface area contributed by atoms with Crippen LogP contribution in [0.4, 0.5) is 0 Å². The van der Waals surface area contributed by atoms with E-state index in [0.717, 1.165) is 44.0 Å². The largest absolute Gasteiger partial charge is 0.354 e. The van der Waals surface area contributed by atoms with Gasteiger partial charge in [-0.15, -0.1) is 23.5 Å². The number of nitrogens with one attached hydrogen (secondary N) is 2. The van der Waals surface area contributed by atoms with Crippen LogP contribution in [0.1, 0.15) is 60.1 Å². The first-order valence-electron chi connectivity index (χ1n) is 20.5. The fourth-order valence-corrected chi connectivity index (χ4v) is 10.7. The SMILES string of the molecule is CCN(CC)CCCC(NCCSC(c1ccccc1)(c1ccccc1)c1ccccc1)C(=O)NCCSC(c1ccccc1)(c1ccccc1)c1ccccc1. The second-order valence-corrected chi connectivity index (χ2v) is 16.8. The molecule has 6 heteroatoms. The van der Waals surface area contributed by atoms with Gasteiger partial charge in [-0.2, -0.15) is 0 Å². The summed E-state index contributed by atoms with van der Waals surface area (Å²) in [5, 5.41) is 7.10. The van der Waals surface area contributed by atoms with Crippen LogP contribution in [0.2, 0.25) is 0 Å². The Morgan fingerprint density at radius 2 is 0.825 bits per heavy atom. The average Bonchev–Trinajstić information content (AvgIpc) is 3.29. The first kappa shape index (κ1) is 42.0. The van der Waals surface area contributed by atoms with Gasteiger partial charge in [0, 0.05) is 24.6 Å². The topological polar surface area (TPSA) is 44.4 Å². The van der Waals surface area contributed by atoms with E-state index in [4.69, 9.17) is 0 Å². The average molecular weight is 792 g/mol. The number of carbonyl (C=O) groups is 1. The number of thioether (sulfide) groups is 2. The molecule has 0 radical (unpaired) electrons. The molecule has 0 saturated carbocycles. The van der Waals surface area contributed by atoms with E-state index in [1.54, 1.807) is 0 Å². The van der Waals surface area contributed by atoms with Crippen LogP contribution in [-0.4, -0.2) is 61.1 Å². The summed E-state index contributed by atoms with van der Waals surface area (Å²) in [6.07, 6.45) is 1.74. The zero-order valence-electron chi connectivity index (χ0n) is 33.4. The van der Waals surface area contributed by atoms with E-state index in [-0.39, 0.29) is 11.9 Å². The molecule has 6 rings (SSSR count). The van der Waals surface area contributed by atoms with Crippen molar-refractivity contribution in [3.05, 3.63) is 215 Å². The molecule has 0 aliphatic heterocycles. The number of hydrogen-bond acceptors (Lipinski definition) is 5. The van der Waals surface area contributed by atoms with Crippen LogP contribution in [0.3, 0.4) is 0 Å². The van der Waals surface area contributed by atoms with Crippen LogP contribution in [0.5, 0.6) is 0 Å². The summed E-state index contributed by atoms with van der Waals surface area (Å²) in [7, 11) is 0. The molecule has 294 valence electrons. The van der Waals surface area contributed by atoms with E-state index >= 15 is 0 Å². The molecule has 4 nitrogen and oxygen atoms in total. The lowest BCUT2D eigenvalue weighted by Crippen LogP contribution is -2.46. The number of nitrogens with zero attached hydrogens (tertiary/aromatic N) is 1. The Bertz CT molecular complexity index is 1820. The highest BCUT2D eigenvalue weighted by atomic mass is 32.2. The molecule has 0 aliphatic rings. The van der Waals surface area contributed by atoms with E-state index in [0.29, 0.717) is 13.1 Å². The van der Waals surface area contributed by atoms with Gasteiger partial charge in [-0.3, -0.25) is 4.79 Å². The molecular weight excluding hydrogens is 735 g/mol. The van der Waals surface area contributed by atoms with Crippen LogP contribution in [-0.2, 0) is 14.3 Å². The molecule has 0 heterocycles. The number of rotatable bonds is 22. The molecular formula is C51H57N3OS2. The van der Waals surface area contributed by atoms with Crippen molar-refractivity contribution in [3.8, 4) is 0 Å². The van der Waals surface area contributed by atoms with E-state index in [1.165, 1.54) is 33.4 Å². The molecule has 0 saturated heterocycles. The lowest BCUT2D eigenvalue weighted by Gasteiger charge is -2.36. The van der Waals surface area contributed by atoms with Gasteiger partial charge in [0.05, 0.1) is 15.5 Å². The van der Waals surface area contributed by atoms with Gasteiger partial charge in [-0.25, -0.2) is 0 Å². The Hall–Kier alpha value is -4.59. The van der Waals surface area contributed by atoms with E-state index < -0.39 is 9.49 Å². The van der Waals surface area contributed by atoms with Gasteiger partial charge in [-0.05, 0) is 65.9 Å². The van der Waals surface area contributed by atoms with Crippen LogP contribution in [0, 0.1) is 0 Å². The summed E-state index contributed by atoms with van der Waals surface area (Å²) in [4.78, 5) is 16.6. The van der Waals surface area contributed by atoms with E-state index in [2.05, 4.69) is 211 Å². The molecule has 0 aliphatic carbocycles.